The summed E-state index contributed by atoms with van der Waals surface area (Å²) in [5, 5.41) is 9.20. The lowest BCUT2D eigenvalue weighted by Crippen LogP contribution is -1.93. The molecule has 1 heterocycles. The van der Waals surface area contributed by atoms with Gasteiger partial charge in [-0.15, -0.1) is 0 Å². The highest BCUT2D eigenvalue weighted by Crippen LogP contribution is 2.23. The Kier molecular flexibility index (Phi) is 5.53. The van der Waals surface area contributed by atoms with E-state index in [0.717, 1.165) is 5.75 Å². The molecule has 0 amide bonds. The number of nitrogens with two attached hydrogens (primary N) is 1. The SMILES string of the molecule is C=Cc1cc(OC)ccc1O.Cc1ccc(N)nc1F. The summed E-state index contributed by atoms with van der Waals surface area (Å²) in [7, 11) is 1.58. The van der Waals surface area contributed by atoms with Crippen molar-refractivity contribution in [3.05, 3.63) is 54.0 Å². The molecule has 1 aromatic carbocycles. The third-order valence-corrected chi connectivity index (χ3v) is 2.51. The standard InChI is InChI=1S/C9H10O2.C6H7FN2/c1-3-7-6-8(11-2)4-5-9(7)10;1-4-2-3-5(8)9-6(4)7/h3-6,10H,1H2,2H3;2-3H,1H3,(H2,8,9). The van der Waals surface area contributed by atoms with Gasteiger partial charge in [0.15, 0.2) is 0 Å². The van der Waals surface area contributed by atoms with Gasteiger partial charge in [0.05, 0.1) is 7.11 Å². The molecule has 0 bridgehead atoms. The molecule has 0 radical (unpaired) electrons. The van der Waals surface area contributed by atoms with Gasteiger partial charge in [0.25, 0.3) is 0 Å². The van der Waals surface area contributed by atoms with Gasteiger partial charge in [0.1, 0.15) is 17.3 Å². The lowest BCUT2D eigenvalue weighted by atomic mass is 10.2. The van der Waals surface area contributed by atoms with Crippen molar-refractivity contribution in [1.82, 2.24) is 4.98 Å². The summed E-state index contributed by atoms with van der Waals surface area (Å²) < 4.78 is 17.3. The summed E-state index contributed by atoms with van der Waals surface area (Å²) >= 11 is 0. The zero-order chi connectivity index (χ0) is 15.1. The number of halogens is 1. The van der Waals surface area contributed by atoms with E-state index in [1.54, 1.807) is 50.4 Å². The van der Waals surface area contributed by atoms with Crippen molar-refractivity contribution in [3.8, 4) is 11.5 Å². The molecule has 3 N–H and O–H groups in total. The molecule has 0 saturated carbocycles. The summed E-state index contributed by atoms with van der Waals surface area (Å²) in [6.07, 6.45) is 1.58. The number of aromatic hydroxyl groups is 1. The molecule has 0 saturated heterocycles. The molecule has 4 nitrogen and oxygen atoms in total. The first-order valence-electron chi connectivity index (χ1n) is 5.86. The molecular weight excluding hydrogens is 259 g/mol. The van der Waals surface area contributed by atoms with Gasteiger partial charge in [0.2, 0.25) is 5.95 Å². The van der Waals surface area contributed by atoms with Gasteiger partial charge in [-0.1, -0.05) is 18.7 Å². The zero-order valence-corrected chi connectivity index (χ0v) is 11.4. The molecule has 0 aliphatic heterocycles. The van der Waals surface area contributed by atoms with Crippen LogP contribution in [0.4, 0.5) is 10.2 Å². The molecule has 0 fully saturated rings. The Hall–Kier alpha value is -2.56. The molecular formula is C15H17FN2O2. The van der Waals surface area contributed by atoms with Crippen molar-refractivity contribution in [3.63, 3.8) is 0 Å². The third kappa shape index (κ3) is 4.28. The van der Waals surface area contributed by atoms with Crippen LogP contribution < -0.4 is 10.5 Å². The highest BCUT2D eigenvalue weighted by Gasteiger charge is 1.97. The number of pyridine rings is 1. The Morgan fingerprint density at radius 1 is 1.35 bits per heavy atom. The first-order chi connectivity index (χ1) is 9.47. The normalized spacial score (nSPS) is 9.35. The van der Waals surface area contributed by atoms with Gasteiger partial charge in [-0.05, 0) is 31.2 Å². The van der Waals surface area contributed by atoms with Crippen LogP contribution in [0.1, 0.15) is 11.1 Å². The molecule has 106 valence electrons. The zero-order valence-electron chi connectivity index (χ0n) is 11.4. The van der Waals surface area contributed by atoms with Crippen LogP contribution in [0.15, 0.2) is 36.9 Å². The van der Waals surface area contributed by atoms with Crippen molar-refractivity contribution < 1.29 is 14.2 Å². The Labute approximate surface area is 117 Å². The minimum Gasteiger partial charge on any atom is -0.507 e. The number of phenols is 1. The predicted molar refractivity (Wildman–Crippen MR) is 78.1 cm³/mol. The van der Waals surface area contributed by atoms with E-state index in [-0.39, 0.29) is 11.6 Å². The number of hydrogen-bond acceptors (Lipinski definition) is 4. The van der Waals surface area contributed by atoms with Crippen molar-refractivity contribution in [2.24, 2.45) is 0 Å². The Bertz CT molecular complexity index is 600. The van der Waals surface area contributed by atoms with Gasteiger partial charge >= 0.3 is 0 Å². The largest absolute Gasteiger partial charge is 0.507 e. The molecule has 2 rings (SSSR count). The number of aryl methyl sites for hydroxylation is 1. The summed E-state index contributed by atoms with van der Waals surface area (Å²) in [5.74, 6) is 0.673. The molecule has 0 unspecified atom stereocenters. The van der Waals surface area contributed by atoms with E-state index < -0.39 is 5.95 Å². The van der Waals surface area contributed by atoms with Crippen LogP contribution in [-0.4, -0.2) is 17.2 Å². The minimum absolute atomic E-state index is 0.220. The second kappa shape index (κ2) is 7.13. The van der Waals surface area contributed by atoms with Gasteiger partial charge in [0, 0.05) is 11.1 Å². The number of phenolic OH excluding ortho intramolecular Hbond substituents is 1. The average Bonchev–Trinajstić information content (AvgIpc) is 2.44. The van der Waals surface area contributed by atoms with Crippen molar-refractivity contribution in [1.29, 1.82) is 0 Å². The maximum absolute atomic E-state index is 12.4. The number of nitrogens with zero attached hydrogens (tertiary/aromatic N) is 1. The molecule has 0 atom stereocenters. The number of methoxy groups -OCH3 is 1. The highest BCUT2D eigenvalue weighted by molar-refractivity contribution is 5.57. The molecule has 5 heteroatoms. The van der Waals surface area contributed by atoms with Crippen LogP contribution in [-0.2, 0) is 0 Å². The quantitative estimate of drug-likeness (QED) is 0.827. The van der Waals surface area contributed by atoms with Crippen molar-refractivity contribution in [2.75, 3.05) is 12.8 Å². The summed E-state index contributed by atoms with van der Waals surface area (Å²) in [4.78, 5) is 3.38. The Balaban J connectivity index is 0.000000204. The first kappa shape index (κ1) is 15.5. The fraction of sp³-hybridized carbons (Fsp3) is 0.133. The molecule has 0 aliphatic rings. The summed E-state index contributed by atoms with van der Waals surface area (Å²) in [5.41, 5.74) is 6.38. The third-order valence-electron chi connectivity index (χ3n) is 2.51. The van der Waals surface area contributed by atoms with E-state index in [1.807, 2.05) is 0 Å². The highest BCUT2D eigenvalue weighted by atomic mass is 19.1. The van der Waals surface area contributed by atoms with Gasteiger partial charge in [-0.3, -0.25) is 0 Å². The van der Waals surface area contributed by atoms with E-state index in [0.29, 0.717) is 11.1 Å². The van der Waals surface area contributed by atoms with Crippen LogP contribution in [0.3, 0.4) is 0 Å². The van der Waals surface area contributed by atoms with Crippen LogP contribution >= 0.6 is 0 Å². The molecule has 20 heavy (non-hydrogen) atoms. The first-order valence-corrected chi connectivity index (χ1v) is 5.86. The topological polar surface area (TPSA) is 68.4 Å². The Morgan fingerprint density at radius 2 is 2.05 bits per heavy atom. The van der Waals surface area contributed by atoms with Crippen molar-refractivity contribution in [2.45, 2.75) is 6.92 Å². The number of rotatable bonds is 2. The molecule has 0 spiro atoms. The lowest BCUT2D eigenvalue weighted by Gasteiger charge is -2.02. The van der Waals surface area contributed by atoms with Gasteiger partial charge in [-0.25, -0.2) is 4.98 Å². The van der Waals surface area contributed by atoms with E-state index in [4.69, 9.17) is 10.5 Å². The van der Waals surface area contributed by atoms with Crippen LogP contribution in [0, 0.1) is 12.9 Å². The molecule has 2 aromatic rings. The number of aromatic nitrogens is 1. The van der Waals surface area contributed by atoms with Gasteiger partial charge in [-0.2, -0.15) is 4.39 Å². The van der Waals surface area contributed by atoms with E-state index in [2.05, 4.69) is 11.6 Å². The fourth-order valence-corrected chi connectivity index (χ4v) is 1.34. The van der Waals surface area contributed by atoms with Crippen LogP contribution in [0.5, 0.6) is 11.5 Å². The summed E-state index contributed by atoms with van der Waals surface area (Å²) in [6, 6.07) is 8.16. The van der Waals surface area contributed by atoms with Crippen molar-refractivity contribution >= 4 is 11.9 Å². The second-order valence-electron chi connectivity index (χ2n) is 3.97. The number of benzene rings is 1. The minimum atomic E-state index is -0.491. The second-order valence-corrected chi connectivity index (χ2v) is 3.97. The number of hydrogen-bond donors (Lipinski definition) is 2. The van der Waals surface area contributed by atoms with Crippen LogP contribution in [0.25, 0.3) is 6.08 Å². The van der Waals surface area contributed by atoms with E-state index in [1.165, 1.54) is 0 Å². The smallest absolute Gasteiger partial charge is 0.217 e. The maximum Gasteiger partial charge on any atom is 0.217 e. The molecule has 0 aliphatic carbocycles. The average molecular weight is 276 g/mol. The fourth-order valence-electron chi connectivity index (χ4n) is 1.34. The predicted octanol–water partition coefficient (Wildman–Crippen LogP) is 3.16. The number of anilines is 1. The van der Waals surface area contributed by atoms with Gasteiger partial charge < -0.3 is 15.6 Å². The number of ether oxygens (including phenoxy) is 1. The lowest BCUT2D eigenvalue weighted by molar-refractivity contribution is 0.412. The maximum atomic E-state index is 12.4. The summed E-state index contributed by atoms with van der Waals surface area (Å²) in [6.45, 7) is 5.19. The monoisotopic (exact) mass is 276 g/mol. The van der Waals surface area contributed by atoms with Crippen LogP contribution in [0.2, 0.25) is 0 Å². The molecule has 1 aromatic heterocycles. The van der Waals surface area contributed by atoms with E-state index in [9.17, 15) is 9.50 Å². The Morgan fingerprint density at radius 3 is 2.55 bits per heavy atom. The number of nitrogen functional groups attached to an aromatic ring is 1. The van der Waals surface area contributed by atoms with E-state index >= 15 is 0 Å².